The Morgan fingerprint density at radius 1 is 0.929 bits per heavy atom. The molecule has 0 aliphatic rings. The van der Waals surface area contributed by atoms with Gasteiger partial charge in [-0.1, -0.05) is 24.3 Å². The molecular formula is C21H20N4O3. The molecule has 0 aliphatic carbocycles. The first kappa shape index (κ1) is 17.7. The quantitative estimate of drug-likeness (QED) is 0.548. The zero-order valence-electron chi connectivity index (χ0n) is 15.8. The SMILES string of the molecule is COc1cc(-c2nc(N)[nH]c2-c2cncc3ccccc23)cc(OC)c1OC. The van der Waals surface area contributed by atoms with Crippen molar-refractivity contribution in [1.29, 1.82) is 0 Å². The molecule has 0 fully saturated rings. The van der Waals surface area contributed by atoms with Gasteiger partial charge >= 0.3 is 0 Å². The molecule has 7 nitrogen and oxygen atoms in total. The molecule has 28 heavy (non-hydrogen) atoms. The van der Waals surface area contributed by atoms with Crippen molar-refractivity contribution >= 4 is 16.7 Å². The number of nitrogens with zero attached hydrogens (tertiary/aromatic N) is 2. The molecule has 7 heteroatoms. The van der Waals surface area contributed by atoms with E-state index >= 15 is 0 Å². The topological polar surface area (TPSA) is 95.3 Å². The first-order chi connectivity index (χ1) is 13.7. The Bertz CT molecular complexity index is 1120. The van der Waals surface area contributed by atoms with Crippen LogP contribution in [0.25, 0.3) is 33.3 Å². The van der Waals surface area contributed by atoms with Crippen LogP contribution < -0.4 is 19.9 Å². The minimum absolute atomic E-state index is 0.312. The van der Waals surface area contributed by atoms with E-state index in [-0.39, 0.29) is 0 Å². The molecule has 0 amide bonds. The lowest BCUT2D eigenvalue weighted by Crippen LogP contribution is -1.96. The van der Waals surface area contributed by atoms with Gasteiger partial charge in [0.25, 0.3) is 0 Å². The van der Waals surface area contributed by atoms with Gasteiger partial charge in [-0.15, -0.1) is 0 Å². The smallest absolute Gasteiger partial charge is 0.203 e. The molecule has 4 aromatic rings. The predicted octanol–water partition coefficient (Wildman–Crippen LogP) is 3.90. The first-order valence-electron chi connectivity index (χ1n) is 8.65. The van der Waals surface area contributed by atoms with Gasteiger partial charge < -0.3 is 24.9 Å². The Kier molecular flexibility index (Phi) is 4.49. The molecule has 0 radical (unpaired) electrons. The van der Waals surface area contributed by atoms with E-state index < -0.39 is 0 Å². The van der Waals surface area contributed by atoms with Crippen LogP contribution in [0.15, 0.2) is 48.8 Å². The number of H-pyrrole nitrogens is 1. The van der Waals surface area contributed by atoms with Crippen LogP contribution in [-0.4, -0.2) is 36.3 Å². The van der Waals surface area contributed by atoms with Gasteiger partial charge in [0.1, 0.15) is 0 Å². The monoisotopic (exact) mass is 376 g/mol. The van der Waals surface area contributed by atoms with Crippen molar-refractivity contribution in [2.45, 2.75) is 0 Å². The van der Waals surface area contributed by atoms with E-state index in [1.165, 1.54) is 0 Å². The Morgan fingerprint density at radius 2 is 1.64 bits per heavy atom. The highest BCUT2D eigenvalue weighted by Crippen LogP contribution is 2.43. The predicted molar refractivity (Wildman–Crippen MR) is 109 cm³/mol. The second kappa shape index (κ2) is 7.11. The molecule has 142 valence electrons. The molecule has 2 aromatic carbocycles. The number of fused-ring (bicyclic) bond motifs is 1. The molecule has 4 rings (SSSR count). The molecule has 0 saturated carbocycles. The zero-order chi connectivity index (χ0) is 19.7. The summed E-state index contributed by atoms with van der Waals surface area (Å²) in [6, 6.07) is 11.7. The summed E-state index contributed by atoms with van der Waals surface area (Å²) in [7, 11) is 4.73. The average molecular weight is 376 g/mol. The average Bonchev–Trinajstić information content (AvgIpc) is 3.13. The van der Waals surface area contributed by atoms with Crippen LogP contribution in [0.5, 0.6) is 17.2 Å². The van der Waals surface area contributed by atoms with E-state index in [2.05, 4.69) is 15.0 Å². The van der Waals surface area contributed by atoms with Crippen LogP contribution in [0, 0.1) is 0 Å². The van der Waals surface area contributed by atoms with Crippen LogP contribution in [0.4, 0.5) is 5.95 Å². The maximum Gasteiger partial charge on any atom is 0.203 e. The lowest BCUT2D eigenvalue weighted by atomic mass is 10.0. The van der Waals surface area contributed by atoms with Crippen molar-refractivity contribution in [2.75, 3.05) is 27.1 Å². The highest BCUT2D eigenvalue weighted by atomic mass is 16.5. The number of rotatable bonds is 5. The Balaban J connectivity index is 1.97. The Labute approximate surface area is 162 Å². The number of nitrogens with two attached hydrogens (primary N) is 1. The van der Waals surface area contributed by atoms with Crippen molar-refractivity contribution in [3.63, 3.8) is 0 Å². The fraction of sp³-hybridized carbons (Fsp3) is 0.143. The largest absolute Gasteiger partial charge is 0.493 e. The number of hydrogen-bond donors (Lipinski definition) is 2. The molecule has 0 atom stereocenters. The molecule has 2 aromatic heterocycles. The number of hydrogen-bond acceptors (Lipinski definition) is 6. The van der Waals surface area contributed by atoms with Crippen LogP contribution in [-0.2, 0) is 0 Å². The third-order valence-corrected chi connectivity index (χ3v) is 4.60. The molecule has 0 spiro atoms. The highest BCUT2D eigenvalue weighted by molar-refractivity contribution is 5.98. The maximum absolute atomic E-state index is 6.02. The molecule has 0 aliphatic heterocycles. The van der Waals surface area contributed by atoms with Gasteiger partial charge in [0.2, 0.25) is 5.75 Å². The van der Waals surface area contributed by atoms with Crippen LogP contribution in [0.1, 0.15) is 0 Å². The summed E-state index contributed by atoms with van der Waals surface area (Å²) in [5, 5.41) is 2.08. The number of pyridine rings is 1. The van der Waals surface area contributed by atoms with E-state index in [0.29, 0.717) is 28.9 Å². The highest BCUT2D eigenvalue weighted by Gasteiger charge is 2.20. The van der Waals surface area contributed by atoms with Gasteiger partial charge in [-0.05, 0) is 17.5 Å². The molecule has 0 unspecified atom stereocenters. The van der Waals surface area contributed by atoms with E-state index in [4.69, 9.17) is 19.9 Å². The van der Waals surface area contributed by atoms with Crippen molar-refractivity contribution in [1.82, 2.24) is 15.0 Å². The number of nitrogen functional groups attached to an aromatic ring is 1. The molecule has 3 N–H and O–H groups in total. The fourth-order valence-electron chi connectivity index (χ4n) is 3.33. The van der Waals surface area contributed by atoms with Crippen molar-refractivity contribution in [2.24, 2.45) is 0 Å². The minimum Gasteiger partial charge on any atom is -0.493 e. The van der Waals surface area contributed by atoms with E-state index in [1.54, 1.807) is 27.5 Å². The summed E-state index contributed by atoms with van der Waals surface area (Å²) in [5.41, 5.74) is 9.16. The number of methoxy groups -OCH3 is 3. The summed E-state index contributed by atoms with van der Waals surface area (Å²) in [4.78, 5) is 12.1. The number of aromatic amines is 1. The van der Waals surface area contributed by atoms with Gasteiger partial charge in [0, 0.05) is 28.9 Å². The number of nitrogens with one attached hydrogen (secondary N) is 1. The lowest BCUT2D eigenvalue weighted by molar-refractivity contribution is 0.324. The van der Waals surface area contributed by atoms with Gasteiger partial charge in [0.15, 0.2) is 17.4 Å². The van der Waals surface area contributed by atoms with Crippen molar-refractivity contribution in [3.8, 4) is 39.8 Å². The van der Waals surface area contributed by atoms with E-state index in [1.807, 2.05) is 42.6 Å². The summed E-state index contributed by atoms with van der Waals surface area (Å²) in [6.07, 6.45) is 3.63. The third-order valence-electron chi connectivity index (χ3n) is 4.60. The number of aromatic nitrogens is 3. The number of benzene rings is 2. The maximum atomic E-state index is 6.02. The second-order valence-electron chi connectivity index (χ2n) is 6.17. The second-order valence-corrected chi connectivity index (χ2v) is 6.17. The van der Waals surface area contributed by atoms with E-state index in [9.17, 15) is 0 Å². The molecular weight excluding hydrogens is 356 g/mol. The van der Waals surface area contributed by atoms with Crippen LogP contribution in [0.2, 0.25) is 0 Å². The van der Waals surface area contributed by atoms with Gasteiger partial charge in [-0.2, -0.15) is 0 Å². The minimum atomic E-state index is 0.312. The normalized spacial score (nSPS) is 10.8. The number of anilines is 1. The summed E-state index contributed by atoms with van der Waals surface area (Å²) >= 11 is 0. The summed E-state index contributed by atoms with van der Waals surface area (Å²) in [6.45, 7) is 0. The first-order valence-corrected chi connectivity index (χ1v) is 8.65. The fourth-order valence-corrected chi connectivity index (χ4v) is 3.33. The summed E-state index contributed by atoms with van der Waals surface area (Å²) < 4.78 is 16.4. The van der Waals surface area contributed by atoms with Crippen LogP contribution in [0.3, 0.4) is 0 Å². The summed E-state index contributed by atoms with van der Waals surface area (Å²) in [5.74, 6) is 1.91. The van der Waals surface area contributed by atoms with Crippen LogP contribution >= 0.6 is 0 Å². The molecule has 2 heterocycles. The number of ether oxygens (including phenoxy) is 3. The third kappa shape index (κ3) is 2.87. The molecule has 0 saturated heterocycles. The number of imidazole rings is 1. The van der Waals surface area contributed by atoms with Crippen molar-refractivity contribution in [3.05, 3.63) is 48.8 Å². The molecule has 0 bridgehead atoms. The Hall–Kier alpha value is -3.74. The van der Waals surface area contributed by atoms with Gasteiger partial charge in [-0.3, -0.25) is 4.98 Å². The van der Waals surface area contributed by atoms with E-state index in [0.717, 1.165) is 27.6 Å². The standard InChI is InChI=1S/C21H20N4O3/c1-26-16-8-13(9-17(27-2)20(16)28-3)18-19(25-21(22)24-18)15-11-23-10-12-6-4-5-7-14(12)15/h4-11H,1-3H3,(H3,22,24,25). The Morgan fingerprint density at radius 3 is 2.32 bits per heavy atom. The van der Waals surface area contributed by atoms with Gasteiger partial charge in [0.05, 0.1) is 32.7 Å². The zero-order valence-corrected chi connectivity index (χ0v) is 15.8. The lowest BCUT2D eigenvalue weighted by Gasteiger charge is -2.14. The van der Waals surface area contributed by atoms with Gasteiger partial charge in [-0.25, -0.2) is 4.98 Å². The van der Waals surface area contributed by atoms with Crippen molar-refractivity contribution < 1.29 is 14.2 Å².